The highest BCUT2D eigenvalue weighted by Gasteiger charge is 2.10. The van der Waals surface area contributed by atoms with Crippen LogP contribution in [0.2, 0.25) is 0 Å². The molecule has 0 saturated heterocycles. The van der Waals surface area contributed by atoms with Crippen LogP contribution >= 0.6 is 0 Å². The maximum absolute atomic E-state index is 12.8. The van der Waals surface area contributed by atoms with Crippen molar-refractivity contribution in [3.05, 3.63) is 59.8 Å². The minimum Gasteiger partial charge on any atom is -0.469 e. The Kier molecular flexibility index (Phi) is 5.32. The largest absolute Gasteiger partial charge is 0.469 e. The maximum atomic E-state index is 12.8. The van der Waals surface area contributed by atoms with Crippen molar-refractivity contribution in [2.45, 2.75) is 31.9 Å². The van der Waals surface area contributed by atoms with Crippen LogP contribution in [0.25, 0.3) is 0 Å². The van der Waals surface area contributed by atoms with Gasteiger partial charge >= 0.3 is 0 Å². The fourth-order valence-electron chi connectivity index (χ4n) is 2.03. The number of halogens is 1. The first-order valence-corrected chi connectivity index (χ1v) is 6.84. The van der Waals surface area contributed by atoms with Gasteiger partial charge in [0.05, 0.1) is 12.4 Å². The van der Waals surface area contributed by atoms with Gasteiger partial charge in [-0.25, -0.2) is 4.39 Å². The smallest absolute Gasteiger partial charge is 0.123 e. The molecule has 1 aromatic carbocycles. The lowest BCUT2D eigenvalue weighted by atomic mass is 10.1. The van der Waals surface area contributed by atoms with Crippen LogP contribution in [0.3, 0.4) is 0 Å². The molecule has 0 amide bonds. The Morgan fingerprint density at radius 1 is 1.25 bits per heavy atom. The molecule has 4 heteroatoms. The summed E-state index contributed by atoms with van der Waals surface area (Å²) in [6.07, 6.45) is 2.85. The number of rotatable bonds is 7. The molecule has 0 aliphatic rings. The molecule has 3 nitrogen and oxygen atoms in total. The van der Waals surface area contributed by atoms with Gasteiger partial charge in [-0.2, -0.15) is 0 Å². The first kappa shape index (κ1) is 14.8. The normalized spacial score (nSPS) is 14.2. The average Bonchev–Trinajstić information content (AvgIpc) is 2.96. The summed E-state index contributed by atoms with van der Waals surface area (Å²) < 4.78 is 18.1. The van der Waals surface area contributed by atoms with Gasteiger partial charge in [0.25, 0.3) is 0 Å². The molecular formula is C16H20FNO2. The lowest BCUT2D eigenvalue weighted by Gasteiger charge is -2.17. The van der Waals surface area contributed by atoms with Gasteiger partial charge in [0, 0.05) is 19.0 Å². The van der Waals surface area contributed by atoms with Crippen molar-refractivity contribution >= 4 is 0 Å². The van der Waals surface area contributed by atoms with E-state index in [4.69, 9.17) is 4.42 Å². The minimum atomic E-state index is -0.623. The van der Waals surface area contributed by atoms with E-state index in [9.17, 15) is 9.50 Å². The molecule has 1 heterocycles. The van der Waals surface area contributed by atoms with Gasteiger partial charge in [-0.15, -0.1) is 0 Å². The number of aliphatic hydroxyl groups is 1. The second-order valence-corrected chi connectivity index (χ2v) is 4.99. The molecule has 2 N–H and O–H groups in total. The van der Waals surface area contributed by atoms with E-state index in [2.05, 4.69) is 12.2 Å². The minimum absolute atomic E-state index is 0.273. The lowest BCUT2D eigenvalue weighted by molar-refractivity contribution is 0.170. The van der Waals surface area contributed by atoms with Crippen LogP contribution in [0.5, 0.6) is 0 Å². The Balaban J connectivity index is 1.72. The zero-order valence-corrected chi connectivity index (χ0v) is 11.6. The molecule has 0 aliphatic heterocycles. The van der Waals surface area contributed by atoms with Gasteiger partial charge in [0.1, 0.15) is 11.6 Å². The third kappa shape index (κ3) is 4.47. The Labute approximate surface area is 118 Å². The van der Waals surface area contributed by atoms with E-state index in [-0.39, 0.29) is 11.9 Å². The van der Waals surface area contributed by atoms with E-state index in [0.29, 0.717) is 6.54 Å². The van der Waals surface area contributed by atoms with Crippen LogP contribution in [-0.2, 0) is 6.42 Å². The van der Waals surface area contributed by atoms with Gasteiger partial charge in [-0.1, -0.05) is 12.1 Å². The van der Waals surface area contributed by atoms with Crippen molar-refractivity contribution in [3.8, 4) is 0 Å². The number of hydrogen-bond donors (Lipinski definition) is 2. The van der Waals surface area contributed by atoms with E-state index in [1.165, 1.54) is 12.1 Å². The summed E-state index contributed by atoms with van der Waals surface area (Å²) in [7, 11) is 0. The van der Waals surface area contributed by atoms with Crippen LogP contribution in [0, 0.1) is 5.82 Å². The van der Waals surface area contributed by atoms with Gasteiger partial charge in [-0.05, 0) is 43.2 Å². The highest BCUT2D eigenvalue weighted by Crippen LogP contribution is 2.13. The van der Waals surface area contributed by atoms with Crippen molar-refractivity contribution in [1.82, 2.24) is 5.32 Å². The number of aliphatic hydroxyl groups excluding tert-OH is 1. The summed E-state index contributed by atoms with van der Waals surface area (Å²) in [5.74, 6) is 0.679. The number of hydrogen-bond acceptors (Lipinski definition) is 3. The summed E-state index contributed by atoms with van der Waals surface area (Å²) in [6.45, 7) is 2.52. The van der Waals surface area contributed by atoms with Crippen LogP contribution < -0.4 is 5.32 Å². The average molecular weight is 277 g/mol. The topological polar surface area (TPSA) is 45.4 Å². The Hall–Kier alpha value is -1.65. The summed E-state index contributed by atoms with van der Waals surface area (Å²) in [5.41, 5.74) is 0.720. The molecule has 2 rings (SSSR count). The zero-order chi connectivity index (χ0) is 14.4. The number of furan rings is 1. The van der Waals surface area contributed by atoms with E-state index < -0.39 is 6.10 Å². The first-order valence-electron chi connectivity index (χ1n) is 6.84. The van der Waals surface area contributed by atoms with Gasteiger partial charge in [-0.3, -0.25) is 0 Å². The molecule has 0 saturated carbocycles. The van der Waals surface area contributed by atoms with Crippen LogP contribution in [0.1, 0.15) is 30.8 Å². The Bertz CT molecular complexity index is 496. The summed E-state index contributed by atoms with van der Waals surface area (Å²) in [4.78, 5) is 0. The number of benzene rings is 1. The highest BCUT2D eigenvalue weighted by molar-refractivity contribution is 5.18. The zero-order valence-electron chi connectivity index (χ0n) is 11.6. The fourth-order valence-corrected chi connectivity index (χ4v) is 2.03. The quantitative estimate of drug-likeness (QED) is 0.817. The Morgan fingerprint density at radius 2 is 2.00 bits per heavy atom. The van der Waals surface area contributed by atoms with Crippen molar-refractivity contribution < 1.29 is 13.9 Å². The molecule has 20 heavy (non-hydrogen) atoms. The van der Waals surface area contributed by atoms with E-state index >= 15 is 0 Å². The van der Waals surface area contributed by atoms with Crippen LogP contribution in [-0.4, -0.2) is 17.7 Å². The van der Waals surface area contributed by atoms with Gasteiger partial charge < -0.3 is 14.8 Å². The lowest BCUT2D eigenvalue weighted by Crippen LogP contribution is -2.30. The molecule has 0 fully saturated rings. The Morgan fingerprint density at radius 3 is 2.65 bits per heavy atom. The molecule has 2 unspecified atom stereocenters. The van der Waals surface area contributed by atoms with Crippen LogP contribution in [0.15, 0.2) is 47.1 Å². The molecular weight excluding hydrogens is 257 g/mol. The predicted octanol–water partition coefficient (Wildman–Crippen LogP) is 3.06. The van der Waals surface area contributed by atoms with Crippen molar-refractivity contribution in [2.24, 2.45) is 0 Å². The fraction of sp³-hybridized carbons (Fsp3) is 0.375. The third-order valence-electron chi connectivity index (χ3n) is 3.32. The summed E-state index contributed by atoms with van der Waals surface area (Å²) in [5, 5.41) is 13.3. The summed E-state index contributed by atoms with van der Waals surface area (Å²) >= 11 is 0. The molecule has 2 aromatic rings. The van der Waals surface area contributed by atoms with Crippen molar-refractivity contribution in [3.63, 3.8) is 0 Å². The van der Waals surface area contributed by atoms with E-state index in [1.807, 2.05) is 12.1 Å². The van der Waals surface area contributed by atoms with Crippen LogP contribution in [0.4, 0.5) is 4.39 Å². The molecule has 0 aliphatic carbocycles. The van der Waals surface area contributed by atoms with Gasteiger partial charge in [0.2, 0.25) is 0 Å². The predicted molar refractivity (Wildman–Crippen MR) is 75.9 cm³/mol. The summed E-state index contributed by atoms with van der Waals surface area (Å²) in [6, 6.07) is 10.0. The third-order valence-corrected chi connectivity index (χ3v) is 3.32. The number of nitrogens with one attached hydrogen (secondary N) is 1. The number of aryl methyl sites for hydroxylation is 1. The van der Waals surface area contributed by atoms with Crippen molar-refractivity contribution in [1.29, 1.82) is 0 Å². The van der Waals surface area contributed by atoms with E-state index in [1.54, 1.807) is 18.4 Å². The molecule has 0 spiro atoms. The molecule has 1 aromatic heterocycles. The van der Waals surface area contributed by atoms with Crippen molar-refractivity contribution in [2.75, 3.05) is 6.54 Å². The molecule has 108 valence electrons. The first-order chi connectivity index (χ1) is 9.65. The standard InChI is InChI=1S/C16H20FNO2/c1-12(4-9-15-3-2-10-20-15)18-11-16(19)13-5-7-14(17)8-6-13/h2-3,5-8,10,12,16,18-19H,4,9,11H2,1H3. The molecule has 0 radical (unpaired) electrons. The SMILES string of the molecule is CC(CCc1ccco1)NCC(O)c1ccc(F)cc1. The second kappa shape index (κ2) is 7.22. The van der Waals surface area contributed by atoms with E-state index in [0.717, 1.165) is 24.2 Å². The van der Waals surface area contributed by atoms with Gasteiger partial charge in [0.15, 0.2) is 0 Å². The molecule has 0 bridgehead atoms. The second-order valence-electron chi connectivity index (χ2n) is 4.99. The maximum Gasteiger partial charge on any atom is 0.123 e. The molecule has 2 atom stereocenters. The monoisotopic (exact) mass is 277 g/mol. The highest BCUT2D eigenvalue weighted by atomic mass is 19.1.